The Morgan fingerprint density at radius 1 is 1.25 bits per heavy atom. The number of carbonyl (C=O) groups is 2. The van der Waals surface area contributed by atoms with Crippen LogP contribution in [0.25, 0.3) is 0 Å². The highest BCUT2D eigenvalue weighted by Crippen LogP contribution is 2.29. The number of ether oxygens (including phenoxy) is 2. The SMILES string of the molecule is COC(=O)COc1cccc(O)c1C(=O)C=CC1C=CC=CC1C. The molecule has 2 rings (SSSR count). The van der Waals surface area contributed by atoms with Gasteiger partial charge in [-0.3, -0.25) is 4.79 Å². The third kappa shape index (κ3) is 4.35. The van der Waals surface area contributed by atoms with E-state index in [-0.39, 0.29) is 35.4 Å². The lowest BCUT2D eigenvalue weighted by Crippen LogP contribution is -2.14. The van der Waals surface area contributed by atoms with Crippen LogP contribution in [0, 0.1) is 11.8 Å². The van der Waals surface area contributed by atoms with Gasteiger partial charge in [-0.2, -0.15) is 0 Å². The van der Waals surface area contributed by atoms with E-state index < -0.39 is 5.97 Å². The minimum absolute atomic E-state index is 0.0284. The predicted octanol–water partition coefficient (Wildman–Crippen LogP) is 3.06. The minimum atomic E-state index is -0.569. The van der Waals surface area contributed by atoms with Crippen LogP contribution in [-0.4, -0.2) is 30.6 Å². The van der Waals surface area contributed by atoms with Gasteiger partial charge < -0.3 is 14.6 Å². The number of ketones is 1. The summed E-state index contributed by atoms with van der Waals surface area (Å²) in [5.41, 5.74) is 0.0284. The Morgan fingerprint density at radius 3 is 2.71 bits per heavy atom. The molecular weight excluding hydrogens is 308 g/mol. The van der Waals surface area contributed by atoms with Gasteiger partial charge in [-0.05, 0) is 24.1 Å². The van der Waals surface area contributed by atoms with Crippen molar-refractivity contribution in [3.05, 3.63) is 60.2 Å². The van der Waals surface area contributed by atoms with Gasteiger partial charge in [0.25, 0.3) is 0 Å². The van der Waals surface area contributed by atoms with Crippen LogP contribution in [0.15, 0.2) is 54.7 Å². The molecule has 0 heterocycles. The van der Waals surface area contributed by atoms with Crippen molar-refractivity contribution in [1.29, 1.82) is 0 Å². The van der Waals surface area contributed by atoms with E-state index in [1.807, 2.05) is 18.2 Å². The highest BCUT2D eigenvalue weighted by molar-refractivity contribution is 6.08. The van der Waals surface area contributed by atoms with Crippen molar-refractivity contribution >= 4 is 11.8 Å². The van der Waals surface area contributed by atoms with Gasteiger partial charge in [0, 0.05) is 5.92 Å². The Balaban J connectivity index is 2.17. The zero-order valence-corrected chi connectivity index (χ0v) is 13.6. The third-order valence-electron chi connectivity index (χ3n) is 3.76. The number of phenols is 1. The molecule has 2 unspecified atom stereocenters. The number of phenolic OH excluding ortho intramolecular Hbond substituents is 1. The average Bonchev–Trinajstić information content (AvgIpc) is 2.58. The zero-order chi connectivity index (χ0) is 17.5. The number of esters is 1. The van der Waals surface area contributed by atoms with E-state index in [0.717, 1.165) is 0 Å². The molecule has 1 aromatic rings. The fraction of sp³-hybridized carbons (Fsp3) is 0.263. The number of benzene rings is 1. The molecular formula is C19H20O5. The summed E-state index contributed by atoms with van der Waals surface area (Å²) in [6.07, 6.45) is 11.2. The monoisotopic (exact) mass is 328 g/mol. The lowest BCUT2D eigenvalue weighted by molar-refractivity contribution is -0.142. The third-order valence-corrected chi connectivity index (χ3v) is 3.76. The first-order valence-corrected chi connectivity index (χ1v) is 7.62. The first-order chi connectivity index (χ1) is 11.5. The maximum absolute atomic E-state index is 12.5. The Hall–Kier alpha value is -2.82. The molecule has 0 aliphatic heterocycles. The van der Waals surface area contributed by atoms with Gasteiger partial charge in [0.1, 0.15) is 17.1 Å². The van der Waals surface area contributed by atoms with Gasteiger partial charge in [0.15, 0.2) is 12.4 Å². The normalized spacial score (nSPS) is 19.4. The van der Waals surface area contributed by atoms with Crippen molar-refractivity contribution in [3.8, 4) is 11.5 Å². The summed E-state index contributed by atoms with van der Waals surface area (Å²) in [5.74, 6) is -0.604. The van der Waals surface area contributed by atoms with Gasteiger partial charge in [-0.15, -0.1) is 0 Å². The van der Waals surface area contributed by atoms with Gasteiger partial charge >= 0.3 is 5.97 Å². The van der Waals surface area contributed by atoms with E-state index in [2.05, 4.69) is 17.7 Å². The molecule has 0 saturated carbocycles. The molecule has 0 saturated heterocycles. The summed E-state index contributed by atoms with van der Waals surface area (Å²) in [4.78, 5) is 23.7. The van der Waals surface area contributed by atoms with E-state index in [1.165, 1.54) is 25.3 Å². The van der Waals surface area contributed by atoms with E-state index in [1.54, 1.807) is 12.1 Å². The molecule has 0 bridgehead atoms. The molecule has 5 heteroatoms. The molecule has 0 spiro atoms. The molecule has 0 amide bonds. The Bertz CT molecular complexity index is 700. The lowest BCUT2D eigenvalue weighted by Gasteiger charge is -2.16. The maximum Gasteiger partial charge on any atom is 0.343 e. The average molecular weight is 328 g/mol. The summed E-state index contributed by atoms with van der Waals surface area (Å²) in [6.45, 7) is 1.72. The van der Waals surface area contributed by atoms with Crippen LogP contribution in [0.3, 0.4) is 0 Å². The van der Waals surface area contributed by atoms with E-state index in [4.69, 9.17) is 4.74 Å². The molecule has 126 valence electrons. The quantitative estimate of drug-likeness (QED) is 0.493. The van der Waals surface area contributed by atoms with Crippen molar-refractivity contribution in [2.75, 3.05) is 13.7 Å². The largest absolute Gasteiger partial charge is 0.507 e. The van der Waals surface area contributed by atoms with Crippen LogP contribution in [0.4, 0.5) is 0 Å². The van der Waals surface area contributed by atoms with Crippen molar-refractivity contribution in [1.82, 2.24) is 0 Å². The molecule has 0 fully saturated rings. The maximum atomic E-state index is 12.5. The van der Waals surface area contributed by atoms with E-state index in [0.29, 0.717) is 5.92 Å². The van der Waals surface area contributed by atoms with Crippen molar-refractivity contribution in [2.24, 2.45) is 11.8 Å². The molecule has 24 heavy (non-hydrogen) atoms. The number of allylic oxidation sites excluding steroid dienone is 6. The number of aromatic hydroxyl groups is 1. The summed E-state index contributed by atoms with van der Waals surface area (Å²) >= 11 is 0. The minimum Gasteiger partial charge on any atom is -0.507 e. The zero-order valence-electron chi connectivity index (χ0n) is 13.6. The van der Waals surface area contributed by atoms with Crippen LogP contribution < -0.4 is 4.74 Å². The predicted molar refractivity (Wildman–Crippen MR) is 90.0 cm³/mol. The summed E-state index contributed by atoms with van der Waals surface area (Å²) in [5, 5.41) is 10.00. The first-order valence-electron chi connectivity index (χ1n) is 7.62. The molecule has 0 aromatic heterocycles. The van der Waals surface area contributed by atoms with Crippen molar-refractivity contribution < 1.29 is 24.2 Å². The number of hydrogen-bond acceptors (Lipinski definition) is 5. The smallest absolute Gasteiger partial charge is 0.343 e. The van der Waals surface area contributed by atoms with Gasteiger partial charge in [-0.25, -0.2) is 4.79 Å². The fourth-order valence-corrected chi connectivity index (χ4v) is 2.34. The number of methoxy groups -OCH3 is 1. The van der Waals surface area contributed by atoms with Crippen LogP contribution in [-0.2, 0) is 9.53 Å². The lowest BCUT2D eigenvalue weighted by atomic mass is 9.89. The second-order valence-corrected chi connectivity index (χ2v) is 5.44. The van der Waals surface area contributed by atoms with Crippen LogP contribution in [0.1, 0.15) is 17.3 Å². The fourth-order valence-electron chi connectivity index (χ4n) is 2.34. The summed E-state index contributed by atoms with van der Waals surface area (Å²) < 4.78 is 9.79. The van der Waals surface area contributed by atoms with Crippen LogP contribution in [0.2, 0.25) is 0 Å². The molecule has 5 nitrogen and oxygen atoms in total. The summed E-state index contributed by atoms with van der Waals surface area (Å²) in [6, 6.07) is 4.47. The van der Waals surface area contributed by atoms with Crippen LogP contribution >= 0.6 is 0 Å². The topological polar surface area (TPSA) is 72.8 Å². The summed E-state index contributed by atoms with van der Waals surface area (Å²) in [7, 11) is 1.25. The van der Waals surface area contributed by atoms with E-state index >= 15 is 0 Å². The van der Waals surface area contributed by atoms with Gasteiger partial charge in [-0.1, -0.05) is 43.4 Å². The van der Waals surface area contributed by atoms with Crippen LogP contribution in [0.5, 0.6) is 11.5 Å². The number of rotatable bonds is 6. The molecule has 1 aliphatic rings. The van der Waals surface area contributed by atoms with E-state index in [9.17, 15) is 14.7 Å². The Labute approximate surface area is 140 Å². The Morgan fingerprint density at radius 2 is 2.00 bits per heavy atom. The Kier molecular flexibility index (Phi) is 5.95. The number of hydrogen-bond donors (Lipinski definition) is 1. The van der Waals surface area contributed by atoms with Gasteiger partial charge in [0.05, 0.1) is 7.11 Å². The second kappa shape index (κ2) is 8.15. The van der Waals surface area contributed by atoms with Crippen molar-refractivity contribution in [2.45, 2.75) is 6.92 Å². The molecule has 2 atom stereocenters. The van der Waals surface area contributed by atoms with Gasteiger partial charge in [0.2, 0.25) is 0 Å². The highest BCUT2D eigenvalue weighted by Gasteiger charge is 2.18. The molecule has 1 N–H and O–H groups in total. The molecule has 1 aliphatic carbocycles. The highest BCUT2D eigenvalue weighted by atomic mass is 16.6. The second-order valence-electron chi connectivity index (χ2n) is 5.44. The van der Waals surface area contributed by atoms with Crippen molar-refractivity contribution in [3.63, 3.8) is 0 Å². The molecule has 1 aromatic carbocycles. The molecule has 0 radical (unpaired) electrons. The number of carbonyl (C=O) groups excluding carboxylic acids is 2. The standard InChI is InChI=1S/C19H20O5/c1-13-6-3-4-7-14(13)10-11-16(21)19-15(20)8-5-9-17(19)24-12-18(22)23-2/h3-11,13-14,20H,12H2,1-2H3. The first kappa shape index (κ1) is 17.5.